The van der Waals surface area contributed by atoms with Crippen LogP contribution < -0.4 is 10.9 Å². The van der Waals surface area contributed by atoms with Crippen LogP contribution in [0.1, 0.15) is 18.9 Å². The molecule has 0 fully saturated rings. The fourth-order valence-corrected chi connectivity index (χ4v) is 4.40. The normalized spacial score (nSPS) is 12.1. The third-order valence-electron chi connectivity index (χ3n) is 5.15. The molecule has 158 valence electrons. The molecule has 0 bridgehead atoms. The Hall–Kier alpha value is -3.32. The van der Waals surface area contributed by atoms with Crippen LogP contribution in [-0.2, 0) is 17.8 Å². The number of hydrogen-bond donors (Lipinski definition) is 1. The first-order valence-corrected chi connectivity index (χ1v) is 10.9. The van der Waals surface area contributed by atoms with Crippen molar-refractivity contribution in [2.45, 2.75) is 32.4 Å². The summed E-state index contributed by atoms with van der Waals surface area (Å²) in [6.45, 7) is 1.85. The van der Waals surface area contributed by atoms with Crippen LogP contribution in [0.4, 0.5) is 4.39 Å². The van der Waals surface area contributed by atoms with Crippen molar-refractivity contribution >= 4 is 27.5 Å². The summed E-state index contributed by atoms with van der Waals surface area (Å²) in [5, 5.41) is 5.24. The van der Waals surface area contributed by atoms with Gasteiger partial charge in [-0.25, -0.2) is 9.37 Å². The fourth-order valence-electron chi connectivity index (χ4n) is 3.50. The number of halogens is 1. The van der Waals surface area contributed by atoms with Crippen LogP contribution in [0.5, 0.6) is 0 Å². The number of aryl methyl sites for hydroxylation is 1. The van der Waals surface area contributed by atoms with Gasteiger partial charge in [-0.3, -0.25) is 14.2 Å². The molecule has 2 aromatic heterocycles. The van der Waals surface area contributed by atoms with E-state index >= 15 is 0 Å². The van der Waals surface area contributed by atoms with Crippen LogP contribution in [0, 0.1) is 5.82 Å². The number of aromatic nitrogens is 2. The van der Waals surface area contributed by atoms with Gasteiger partial charge in [-0.1, -0.05) is 42.5 Å². The number of benzene rings is 2. The molecule has 2 heterocycles. The first kappa shape index (κ1) is 20.9. The summed E-state index contributed by atoms with van der Waals surface area (Å²) < 4.78 is 14.6. The Morgan fingerprint density at radius 2 is 1.90 bits per heavy atom. The molecule has 4 aromatic rings. The van der Waals surface area contributed by atoms with E-state index in [2.05, 4.69) is 22.4 Å². The van der Waals surface area contributed by atoms with Crippen LogP contribution in [0.15, 0.2) is 71.1 Å². The van der Waals surface area contributed by atoms with E-state index in [-0.39, 0.29) is 29.9 Å². The second-order valence-electron chi connectivity index (χ2n) is 7.51. The van der Waals surface area contributed by atoms with E-state index in [0.717, 1.165) is 18.4 Å². The van der Waals surface area contributed by atoms with Gasteiger partial charge in [0.1, 0.15) is 17.2 Å². The Bertz CT molecular complexity index is 1250. The van der Waals surface area contributed by atoms with E-state index in [9.17, 15) is 14.0 Å². The quantitative estimate of drug-likeness (QED) is 0.468. The Labute approximate surface area is 183 Å². The first-order chi connectivity index (χ1) is 15.0. The Balaban J connectivity index is 1.47. The second kappa shape index (κ2) is 9.22. The number of rotatable bonds is 7. The van der Waals surface area contributed by atoms with Gasteiger partial charge in [0, 0.05) is 17.0 Å². The van der Waals surface area contributed by atoms with E-state index in [0.29, 0.717) is 15.8 Å². The van der Waals surface area contributed by atoms with Crippen LogP contribution in [0.3, 0.4) is 0 Å². The molecular formula is C24H22FN3O2S. The lowest BCUT2D eigenvalue weighted by molar-refractivity contribution is -0.122. The van der Waals surface area contributed by atoms with E-state index in [4.69, 9.17) is 0 Å². The average Bonchev–Trinajstić information content (AvgIpc) is 3.20. The van der Waals surface area contributed by atoms with Crippen molar-refractivity contribution < 1.29 is 9.18 Å². The highest BCUT2D eigenvalue weighted by Crippen LogP contribution is 2.30. The molecule has 0 aliphatic rings. The van der Waals surface area contributed by atoms with Crippen molar-refractivity contribution in [3.8, 4) is 11.1 Å². The van der Waals surface area contributed by atoms with Crippen LogP contribution in [0.2, 0.25) is 0 Å². The van der Waals surface area contributed by atoms with Crippen LogP contribution >= 0.6 is 11.3 Å². The SMILES string of the molecule is CC(CCc1ccccc1)NC(=O)Cn1cnc2scc(-c3ccc(F)cc3)c2c1=O. The van der Waals surface area contributed by atoms with Crippen molar-refractivity contribution in [3.05, 3.63) is 88.0 Å². The van der Waals surface area contributed by atoms with Crippen molar-refractivity contribution in [3.63, 3.8) is 0 Å². The Kier molecular flexibility index (Phi) is 6.23. The van der Waals surface area contributed by atoms with Crippen molar-refractivity contribution in [2.75, 3.05) is 0 Å². The summed E-state index contributed by atoms with van der Waals surface area (Å²) >= 11 is 1.35. The van der Waals surface area contributed by atoms with Gasteiger partial charge in [-0.15, -0.1) is 11.3 Å². The lowest BCUT2D eigenvalue weighted by atomic mass is 10.1. The summed E-state index contributed by atoms with van der Waals surface area (Å²) in [4.78, 5) is 30.5. The van der Waals surface area contributed by atoms with E-state index in [1.807, 2.05) is 30.5 Å². The molecule has 1 unspecified atom stereocenters. The monoisotopic (exact) mass is 435 g/mol. The van der Waals surface area contributed by atoms with Gasteiger partial charge in [-0.2, -0.15) is 0 Å². The number of fused-ring (bicyclic) bond motifs is 1. The second-order valence-corrected chi connectivity index (χ2v) is 8.36. The number of carbonyl (C=O) groups is 1. The maximum Gasteiger partial charge on any atom is 0.263 e. The molecule has 0 radical (unpaired) electrons. The van der Waals surface area contributed by atoms with Gasteiger partial charge >= 0.3 is 0 Å². The Morgan fingerprint density at radius 1 is 1.16 bits per heavy atom. The molecule has 5 nitrogen and oxygen atoms in total. The number of carbonyl (C=O) groups excluding carboxylic acids is 1. The molecule has 1 atom stereocenters. The maximum atomic E-state index is 13.3. The van der Waals surface area contributed by atoms with E-state index in [1.54, 1.807) is 12.1 Å². The van der Waals surface area contributed by atoms with Crippen molar-refractivity contribution in [1.29, 1.82) is 0 Å². The zero-order valence-corrected chi connectivity index (χ0v) is 17.9. The number of amides is 1. The average molecular weight is 436 g/mol. The summed E-state index contributed by atoms with van der Waals surface area (Å²) in [6, 6.07) is 16.1. The minimum Gasteiger partial charge on any atom is -0.352 e. The molecule has 0 aliphatic heterocycles. The molecule has 1 N–H and O–H groups in total. The molecule has 0 saturated carbocycles. The van der Waals surface area contributed by atoms with Gasteiger partial charge in [0.15, 0.2) is 0 Å². The van der Waals surface area contributed by atoms with Gasteiger partial charge in [-0.05, 0) is 43.0 Å². The smallest absolute Gasteiger partial charge is 0.263 e. The number of nitrogens with zero attached hydrogens (tertiary/aromatic N) is 2. The first-order valence-electron chi connectivity index (χ1n) is 10.1. The summed E-state index contributed by atoms with van der Waals surface area (Å²) in [7, 11) is 0. The lowest BCUT2D eigenvalue weighted by Crippen LogP contribution is -2.37. The standard InChI is InChI=1S/C24H22FN3O2S/c1-16(7-8-17-5-3-2-4-6-17)27-21(29)13-28-15-26-23-22(24(28)30)20(14-31-23)18-9-11-19(25)12-10-18/h2-6,9-12,14-16H,7-8,13H2,1H3,(H,27,29). The molecule has 2 aromatic carbocycles. The van der Waals surface area contributed by atoms with Crippen molar-refractivity contribution in [1.82, 2.24) is 14.9 Å². The molecule has 7 heteroatoms. The molecule has 31 heavy (non-hydrogen) atoms. The molecule has 0 saturated heterocycles. The topological polar surface area (TPSA) is 64.0 Å². The van der Waals surface area contributed by atoms with Gasteiger partial charge in [0.25, 0.3) is 5.56 Å². The lowest BCUT2D eigenvalue weighted by Gasteiger charge is -2.14. The van der Waals surface area contributed by atoms with Gasteiger partial charge < -0.3 is 5.32 Å². The minimum atomic E-state index is -0.336. The highest BCUT2D eigenvalue weighted by atomic mass is 32.1. The predicted octanol–water partition coefficient (Wildman–Crippen LogP) is 4.40. The fraction of sp³-hybridized carbons (Fsp3) is 0.208. The zero-order chi connectivity index (χ0) is 21.8. The zero-order valence-electron chi connectivity index (χ0n) is 17.0. The van der Waals surface area contributed by atoms with Crippen molar-refractivity contribution in [2.24, 2.45) is 0 Å². The summed E-state index contributed by atoms with van der Waals surface area (Å²) in [5.74, 6) is -0.570. The van der Waals surface area contributed by atoms with Crippen LogP contribution in [-0.4, -0.2) is 21.5 Å². The molecule has 0 aliphatic carbocycles. The third-order valence-corrected chi connectivity index (χ3v) is 6.03. The van der Waals surface area contributed by atoms with Gasteiger partial charge in [0.05, 0.1) is 11.7 Å². The van der Waals surface area contributed by atoms with Crippen LogP contribution in [0.25, 0.3) is 21.3 Å². The molecule has 4 rings (SSSR count). The highest BCUT2D eigenvalue weighted by molar-refractivity contribution is 7.17. The highest BCUT2D eigenvalue weighted by Gasteiger charge is 2.15. The molecule has 0 spiro atoms. The minimum absolute atomic E-state index is 0.0176. The number of thiophene rings is 1. The summed E-state index contributed by atoms with van der Waals surface area (Å²) in [5.41, 5.74) is 2.38. The van der Waals surface area contributed by atoms with Gasteiger partial charge in [0.2, 0.25) is 5.91 Å². The van der Waals surface area contributed by atoms with E-state index in [1.165, 1.54) is 39.9 Å². The third kappa shape index (κ3) is 4.88. The largest absolute Gasteiger partial charge is 0.352 e. The Morgan fingerprint density at radius 3 is 2.65 bits per heavy atom. The van der Waals surface area contributed by atoms with E-state index < -0.39 is 0 Å². The number of nitrogens with one attached hydrogen (secondary N) is 1. The summed E-state index contributed by atoms with van der Waals surface area (Å²) in [6.07, 6.45) is 3.08. The predicted molar refractivity (Wildman–Crippen MR) is 122 cm³/mol. The molecular weight excluding hydrogens is 413 g/mol. The number of hydrogen-bond acceptors (Lipinski definition) is 4. The maximum absolute atomic E-state index is 13.3. The molecule has 1 amide bonds.